The number of amides is 3. The van der Waals surface area contributed by atoms with Crippen molar-refractivity contribution in [1.82, 2.24) is 26.6 Å². The van der Waals surface area contributed by atoms with E-state index in [1.165, 1.54) is 6.92 Å². The third kappa shape index (κ3) is 25.8. The number of thiocarbonyl (C=S) groups is 1. The highest BCUT2D eigenvalue weighted by Crippen LogP contribution is 2.17. The van der Waals surface area contributed by atoms with Crippen LogP contribution in [0.15, 0.2) is 48.8 Å². The molecule has 0 saturated carbocycles. The predicted octanol–water partition coefficient (Wildman–Crippen LogP) is 5.10. The highest BCUT2D eigenvalue weighted by Gasteiger charge is 2.25. The third-order valence-corrected chi connectivity index (χ3v) is 10.9. The minimum Gasteiger partial charge on any atom is -0.481 e. The van der Waals surface area contributed by atoms with Crippen LogP contribution in [0.1, 0.15) is 121 Å². The summed E-state index contributed by atoms with van der Waals surface area (Å²) in [6, 6.07) is 9.01. The molecule has 1 aromatic carbocycles. The SMILES string of the molecule is CC(=O)CC[C@H](NC(=O)N[C@@H](CCCCNC(=O)CCCCCCC(=O)CC(CCCCNC(=S)NCCC[n+]1ccc(/C=C/c2ccc(N(C)C)cc2)cc1)C(=O)O)C(=O)O)C(=O)O. The highest BCUT2D eigenvalue weighted by atomic mass is 32.1. The Bertz CT molecular complexity index is 1860. The number of hydrogen-bond acceptors (Lipinski definition) is 9. The number of unbranched alkanes of at least 4 members (excludes halogenated alkanes) is 5. The number of anilines is 1. The Kier molecular flexibility index (Phi) is 27.1. The lowest BCUT2D eigenvalue weighted by atomic mass is 9.94. The van der Waals surface area contributed by atoms with Crippen LogP contribution in [0.3, 0.4) is 0 Å². The van der Waals surface area contributed by atoms with E-state index in [4.69, 9.17) is 12.2 Å². The molecule has 3 amide bonds. The number of ketones is 2. The van der Waals surface area contributed by atoms with Crippen molar-refractivity contribution in [3.8, 4) is 0 Å². The van der Waals surface area contributed by atoms with E-state index < -0.39 is 41.9 Å². The van der Waals surface area contributed by atoms with Gasteiger partial charge in [0.15, 0.2) is 17.5 Å². The first-order valence-electron chi connectivity index (χ1n) is 22.5. The van der Waals surface area contributed by atoms with Crippen molar-refractivity contribution >= 4 is 76.6 Å². The lowest BCUT2D eigenvalue weighted by Crippen LogP contribution is -2.51. The smallest absolute Gasteiger partial charge is 0.326 e. The zero-order valence-corrected chi connectivity index (χ0v) is 39.0. The van der Waals surface area contributed by atoms with Gasteiger partial charge < -0.3 is 51.6 Å². The maximum Gasteiger partial charge on any atom is 0.326 e. The van der Waals surface area contributed by atoms with Gasteiger partial charge in [0, 0.05) is 83.7 Å². The number of nitrogens with one attached hydrogen (secondary N) is 5. The number of benzene rings is 1. The fourth-order valence-electron chi connectivity index (χ4n) is 6.71. The average molecular weight is 925 g/mol. The summed E-state index contributed by atoms with van der Waals surface area (Å²) in [4.78, 5) is 85.0. The molecule has 0 aliphatic carbocycles. The van der Waals surface area contributed by atoms with Gasteiger partial charge in [0.1, 0.15) is 30.2 Å². The molecule has 17 nitrogen and oxygen atoms in total. The molecule has 1 unspecified atom stereocenters. The lowest BCUT2D eigenvalue weighted by molar-refractivity contribution is -0.697. The van der Waals surface area contributed by atoms with Crippen LogP contribution in [0.5, 0.6) is 0 Å². The molecule has 0 fully saturated rings. The molecule has 18 heteroatoms. The molecular formula is C47H70N7O10S+. The molecule has 8 N–H and O–H groups in total. The number of urea groups is 1. The molecule has 0 saturated heterocycles. The summed E-state index contributed by atoms with van der Waals surface area (Å²) in [6.45, 7) is 3.76. The second kappa shape index (κ2) is 31.9. The van der Waals surface area contributed by atoms with Gasteiger partial charge in [-0.25, -0.2) is 19.0 Å². The van der Waals surface area contributed by atoms with Crippen molar-refractivity contribution in [3.05, 3.63) is 59.9 Å². The van der Waals surface area contributed by atoms with Crippen LogP contribution in [-0.2, 0) is 35.3 Å². The topological polar surface area (TPSA) is 247 Å². The third-order valence-electron chi connectivity index (χ3n) is 10.6. The molecule has 0 bridgehead atoms. The summed E-state index contributed by atoms with van der Waals surface area (Å²) in [5.74, 6) is -4.80. The fourth-order valence-corrected chi connectivity index (χ4v) is 6.91. The summed E-state index contributed by atoms with van der Waals surface area (Å²) in [6.07, 6.45) is 15.0. The molecule has 2 aromatic rings. The maximum atomic E-state index is 12.6. The monoisotopic (exact) mass is 924 g/mol. The number of carbonyl (C=O) groups excluding carboxylic acids is 4. The summed E-state index contributed by atoms with van der Waals surface area (Å²) in [5, 5.41) is 42.5. The minimum absolute atomic E-state index is 0.00185. The molecule has 0 radical (unpaired) electrons. The number of pyridine rings is 1. The van der Waals surface area contributed by atoms with Gasteiger partial charge in [-0.2, -0.15) is 0 Å². The number of rotatable bonds is 34. The Labute approximate surface area is 388 Å². The van der Waals surface area contributed by atoms with Crippen molar-refractivity contribution in [2.24, 2.45) is 5.92 Å². The van der Waals surface area contributed by atoms with E-state index in [2.05, 4.69) is 97.0 Å². The van der Waals surface area contributed by atoms with Gasteiger partial charge >= 0.3 is 23.9 Å². The van der Waals surface area contributed by atoms with E-state index in [-0.39, 0.29) is 43.2 Å². The molecular weight excluding hydrogens is 855 g/mol. The molecule has 358 valence electrons. The van der Waals surface area contributed by atoms with Crippen LogP contribution in [0, 0.1) is 5.92 Å². The first kappa shape index (κ1) is 55.2. The number of carboxylic acid groups (broad SMARTS) is 3. The summed E-state index contributed by atoms with van der Waals surface area (Å²) < 4.78 is 2.13. The average Bonchev–Trinajstić information content (AvgIpc) is 3.26. The van der Waals surface area contributed by atoms with Crippen LogP contribution in [0.25, 0.3) is 12.2 Å². The molecule has 3 atom stereocenters. The van der Waals surface area contributed by atoms with E-state index in [1.807, 2.05) is 14.1 Å². The Balaban J connectivity index is 1.49. The van der Waals surface area contributed by atoms with E-state index in [9.17, 15) is 48.9 Å². The van der Waals surface area contributed by atoms with Crippen LogP contribution in [0.2, 0.25) is 0 Å². The molecule has 0 aliphatic heterocycles. The molecule has 0 aliphatic rings. The normalized spacial score (nSPS) is 12.4. The first-order valence-corrected chi connectivity index (χ1v) is 22.9. The number of aryl methyl sites for hydroxylation is 1. The number of carbonyl (C=O) groups is 7. The van der Waals surface area contributed by atoms with Crippen molar-refractivity contribution in [3.63, 3.8) is 0 Å². The van der Waals surface area contributed by atoms with E-state index in [1.54, 1.807) is 0 Å². The summed E-state index contributed by atoms with van der Waals surface area (Å²) in [7, 11) is 4.05. The van der Waals surface area contributed by atoms with E-state index in [0.717, 1.165) is 49.0 Å². The van der Waals surface area contributed by atoms with Gasteiger partial charge in [0.2, 0.25) is 5.91 Å². The number of aliphatic carboxylic acids is 3. The Morgan fingerprint density at radius 1 is 0.631 bits per heavy atom. The molecule has 0 spiro atoms. The molecule has 65 heavy (non-hydrogen) atoms. The van der Waals surface area contributed by atoms with Gasteiger partial charge in [-0.15, -0.1) is 0 Å². The quantitative estimate of drug-likeness (QED) is 0.0259. The Morgan fingerprint density at radius 3 is 1.74 bits per heavy atom. The van der Waals surface area contributed by atoms with Gasteiger partial charge in [0.25, 0.3) is 0 Å². The van der Waals surface area contributed by atoms with Gasteiger partial charge in [-0.3, -0.25) is 14.4 Å². The van der Waals surface area contributed by atoms with Crippen LogP contribution in [0.4, 0.5) is 10.5 Å². The Hall–Kier alpha value is -5.91. The Morgan fingerprint density at radius 2 is 1.17 bits per heavy atom. The second-order valence-electron chi connectivity index (χ2n) is 16.4. The van der Waals surface area contributed by atoms with E-state index in [0.29, 0.717) is 76.1 Å². The van der Waals surface area contributed by atoms with Crippen LogP contribution < -0.4 is 36.1 Å². The number of carboxylic acids is 3. The van der Waals surface area contributed by atoms with Gasteiger partial charge in [-0.05, 0) is 93.8 Å². The van der Waals surface area contributed by atoms with E-state index >= 15 is 0 Å². The number of nitrogens with zero attached hydrogens (tertiary/aromatic N) is 2. The minimum atomic E-state index is -1.34. The van der Waals surface area contributed by atoms with Crippen LogP contribution >= 0.6 is 12.2 Å². The van der Waals surface area contributed by atoms with Crippen molar-refractivity contribution < 1.29 is 53.4 Å². The molecule has 1 heterocycles. The number of Topliss-reactive ketones (excluding diaryl/α,β-unsaturated/α-hetero) is 2. The predicted molar refractivity (Wildman–Crippen MR) is 253 cm³/mol. The van der Waals surface area contributed by atoms with Gasteiger partial charge in [-0.1, -0.05) is 43.5 Å². The fraction of sp³-hybridized carbons (Fsp3) is 0.553. The summed E-state index contributed by atoms with van der Waals surface area (Å²) >= 11 is 5.40. The first-order chi connectivity index (χ1) is 31.0. The maximum absolute atomic E-state index is 12.6. The number of aromatic nitrogens is 1. The largest absolute Gasteiger partial charge is 0.481 e. The molecule has 2 rings (SSSR count). The second-order valence-corrected chi connectivity index (χ2v) is 16.8. The van der Waals surface area contributed by atoms with Crippen LogP contribution in [-0.4, -0.2) is 108 Å². The lowest BCUT2D eigenvalue weighted by Gasteiger charge is -2.18. The molecule has 1 aromatic heterocycles. The van der Waals surface area contributed by atoms with Crippen molar-refractivity contribution in [1.29, 1.82) is 0 Å². The van der Waals surface area contributed by atoms with Crippen molar-refractivity contribution in [2.75, 3.05) is 38.6 Å². The zero-order valence-electron chi connectivity index (χ0n) is 38.1. The van der Waals surface area contributed by atoms with Gasteiger partial charge in [0.05, 0.1) is 5.92 Å². The van der Waals surface area contributed by atoms with Crippen molar-refractivity contribution in [2.45, 2.75) is 128 Å². The highest BCUT2D eigenvalue weighted by molar-refractivity contribution is 7.80. The standard InChI is InChI=1S/C47H69N7O10S/c1-34(55)17-24-41(45(62)63)52-46(64)51-40(44(60)61)15-9-11-27-48-42(57)16-7-5-4-6-14-39(56)33-37(43(58)59)13-8-10-28-49-47(65)50-29-12-30-54-31-25-36(26-32-54)19-18-35-20-22-38(23-21-35)53(2)3/h18-23,25-26,31-32,37,40-41H,4-17,24,27-30,33H2,1-3H3,(H7-,48,49,50,51,52,57,58,59,60,61,62,63,64,65)/p+1/t37?,40-,41-/m0/s1. The summed E-state index contributed by atoms with van der Waals surface area (Å²) in [5.41, 5.74) is 3.43. The number of hydrogen-bond donors (Lipinski definition) is 8. The zero-order chi connectivity index (χ0) is 48.0.